The summed E-state index contributed by atoms with van der Waals surface area (Å²) in [7, 11) is 20.1. The van der Waals surface area contributed by atoms with Crippen molar-refractivity contribution in [2.75, 3.05) is 0 Å². The van der Waals surface area contributed by atoms with Crippen molar-refractivity contribution in [3.8, 4) is 0 Å². The summed E-state index contributed by atoms with van der Waals surface area (Å²) >= 11 is -3.29. The molecule has 0 saturated heterocycles. The topological polar surface area (TPSA) is 0 Å². The monoisotopic (exact) mass is 500 g/mol. The molecule has 0 rings (SSSR count). The Bertz CT molecular complexity index is 22.4. The number of halogens is 4. The maximum atomic E-state index is 5.04. The van der Waals surface area contributed by atoms with E-state index in [1.807, 2.05) is 0 Å². The van der Waals surface area contributed by atoms with Gasteiger partial charge in [0.15, 0.2) is 0 Å². The summed E-state index contributed by atoms with van der Waals surface area (Å²) in [6, 6.07) is 0. The van der Waals surface area contributed by atoms with Crippen LogP contribution in [0.2, 0.25) is 0 Å². The van der Waals surface area contributed by atoms with Crippen LogP contribution >= 0.6 is 35.7 Å². The van der Waals surface area contributed by atoms with Crippen molar-refractivity contribution in [3.63, 3.8) is 0 Å². The standard InChI is InChI=1S/4ClH.3Sn/h4*1H;;;/q;;;;;;+4/p-4. The van der Waals surface area contributed by atoms with Gasteiger partial charge in [0, 0.05) is 47.8 Å². The van der Waals surface area contributed by atoms with Gasteiger partial charge in [0.1, 0.15) is 0 Å². The molecule has 0 bridgehead atoms. The van der Waals surface area contributed by atoms with E-state index in [1.54, 1.807) is 0 Å². The molecule has 0 saturated carbocycles. The maximum absolute atomic E-state index is 5.04. The Kier molecular flexibility index (Phi) is 18.5. The molecule has 0 fully saturated rings. The molecule has 0 aliphatic heterocycles. The molecule has 8 radical (unpaired) electrons. The second kappa shape index (κ2) is 7.66. The first-order chi connectivity index (χ1) is 2.00. The average molecular weight is 498 g/mol. The van der Waals surface area contributed by atoms with Crippen molar-refractivity contribution in [3.05, 3.63) is 0 Å². The molecule has 0 N–H and O–H groups in total. The van der Waals surface area contributed by atoms with Crippen molar-refractivity contribution >= 4 is 97.4 Å². The minimum absolute atomic E-state index is 0. The average Bonchev–Trinajstić information content (AvgIpc) is 0.722. The van der Waals surface area contributed by atoms with E-state index in [0.29, 0.717) is 0 Å². The van der Waals surface area contributed by atoms with Crippen molar-refractivity contribution in [1.82, 2.24) is 0 Å². The summed E-state index contributed by atoms with van der Waals surface area (Å²) < 4.78 is 0. The van der Waals surface area contributed by atoms with Gasteiger partial charge in [-0.1, -0.05) is 0 Å². The zero-order chi connectivity index (χ0) is 4.50. The first kappa shape index (κ1) is 16.9. The Labute approximate surface area is 95.2 Å². The normalized spacial score (nSPS) is 8.57. The summed E-state index contributed by atoms with van der Waals surface area (Å²) in [6.07, 6.45) is 0. The third kappa shape index (κ3) is 43.1. The second-order valence-electron chi connectivity index (χ2n) is 0.429. The fraction of sp³-hybridized carbons (Fsp3) is 0. The first-order valence-corrected chi connectivity index (χ1v) is 15.2. The quantitative estimate of drug-likeness (QED) is 0.446. The van der Waals surface area contributed by atoms with Crippen LogP contribution < -0.4 is 0 Å². The van der Waals surface area contributed by atoms with Crippen molar-refractivity contribution in [2.45, 2.75) is 0 Å². The molecule has 7 heteroatoms. The van der Waals surface area contributed by atoms with E-state index >= 15 is 0 Å². The maximum Gasteiger partial charge on any atom is 0 e. The van der Waals surface area contributed by atoms with Crippen molar-refractivity contribution in [1.29, 1.82) is 0 Å². The van der Waals surface area contributed by atoms with E-state index in [2.05, 4.69) is 0 Å². The van der Waals surface area contributed by atoms with Crippen LogP contribution in [0.3, 0.4) is 0 Å². The summed E-state index contributed by atoms with van der Waals surface area (Å²) in [6.45, 7) is 0. The van der Waals surface area contributed by atoms with E-state index in [9.17, 15) is 0 Å². The van der Waals surface area contributed by atoms with Crippen LogP contribution in [0, 0.1) is 0 Å². The van der Waals surface area contributed by atoms with Gasteiger partial charge >= 0.3 is 49.6 Å². The molecular weight excluding hydrogens is 498 g/mol. The predicted octanol–water partition coefficient (Wildman–Crippen LogP) is 1.62. The Hall–Kier alpha value is 3.56. The largest absolute Gasteiger partial charge is 0 e. The van der Waals surface area contributed by atoms with Crippen LogP contribution in [0.25, 0.3) is 0 Å². The minimum Gasteiger partial charge on any atom is 0 e. The van der Waals surface area contributed by atoms with Crippen LogP contribution in [0.1, 0.15) is 0 Å². The molecule has 0 aromatic rings. The van der Waals surface area contributed by atoms with Crippen molar-refractivity contribution < 1.29 is 0 Å². The van der Waals surface area contributed by atoms with Crippen LogP contribution in [0.15, 0.2) is 0 Å². The van der Waals surface area contributed by atoms with Gasteiger partial charge in [-0.3, -0.25) is 0 Å². The zero-order valence-corrected chi connectivity index (χ0v) is 14.6. The van der Waals surface area contributed by atoms with Gasteiger partial charge in [-0.25, -0.2) is 0 Å². The number of rotatable bonds is 0. The number of hydrogen-bond acceptors (Lipinski definition) is 0. The molecule has 7 heavy (non-hydrogen) atoms. The molecule has 0 aliphatic carbocycles. The Morgan fingerprint density at radius 3 is 0.714 bits per heavy atom. The summed E-state index contributed by atoms with van der Waals surface area (Å²) in [5.74, 6) is 0. The van der Waals surface area contributed by atoms with E-state index in [0.717, 1.165) is 0 Å². The van der Waals surface area contributed by atoms with Gasteiger partial charge in [-0.15, -0.1) is 0 Å². The molecule has 40 valence electrons. The molecule has 0 aromatic heterocycles. The summed E-state index contributed by atoms with van der Waals surface area (Å²) in [5.41, 5.74) is 0. The van der Waals surface area contributed by atoms with Gasteiger partial charge in [-0.2, -0.15) is 0 Å². The predicted molar refractivity (Wildman–Crippen MR) is 40.7 cm³/mol. The molecule has 0 aliphatic rings. The third-order valence-electron chi connectivity index (χ3n) is 0. The molecular formula is Cl4Sn3. The molecule has 0 unspecified atom stereocenters. The Balaban J connectivity index is -0.0000000800. The molecule has 0 amide bonds. The summed E-state index contributed by atoms with van der Waals surface area (Å²) in [4.78, 5) is 0. The second-order valence-corrected chi connectivity index (χ2v) is 25.9. The molecule has 0 aromatic carbocycles. The van der Waals surface area contributed by atoms with Crippen LogP contribution in [-0.2, 0) is 0 Å². The van der Waals surface area contributed by atoms with Gasteiger partial charge in [-0.05, 0) is 0 Å². The van der Waals surface area contributed by atoms with Gasteiger partial charge < -0.3 is 0 Å². The zero-order valence-electron chi connectivity index (χ0n) is 3.01. The van der Waals surface area contributed by atoms with Crippen LogP contribution in [0.4, 0.5) is 0 Å². The van der Waals surface area contributed by atoms with Crippen LogP contribution in [0.5, 0.6) is 0 Å². The minimum atomic E-state index is -3.29. The van der Waals surface area contributed by atoms with Gasteiger partial charge in [0.25, 0.3) is 0 Å². The van der Waals surface area contributed by atoms with Crippen LogP contribution in [-0.4, -0.2) is 61.7 Å². The van der Waals surface area contributed by atoms with Gasteiger partial charge in [0.05, 0.1) is 0 Å². The molecule has 0 nitrogen and oxygen atoms in total. The fourth-order valence-electron chi connectivity index (χ4n) is 0. The summed E-state index contributed by atoms with van der Waals surface area (Å²) in [5, 5.41) is 0. The van der Waals surface area contributed by atoms with E-state index in [-0.39, 0.29) is 47.8 Å². The SMILES string of the molecule is [Cl][Sn]([Cl])([Cl])[Cl].[Sn].[Sn]. The smallest absolute Gasteiger partial charge is 0 e. The van der Waals surface area contributed by atoms with E-state index in [1.165, 1.54) is 0 Å². The number of hydrogen-bond donors (Lipinski definition) is 0. The van der Waals surface area contributed by atoms with Gasteiger partial charge in [0.2, 0.25) is 0 Å². The Morgan fingerprint density at radius 1 is 0.714 bits per heavy atom. The van der Waals surface area contributed by atoms with Crippen molar-refractivity contribution in [2.24, 2.45) is 0 Å². The molecule has 0 atom stereocenters. The fourth-order valence-corrected chi connectivity index (χ4v) is 0. The molecule has 0 spiro atoms. The molecule has 0 heterocycles. The first-order valence-electron chi connectivity index (χ1n) is 0.756. The third-order valence-corrected chi connectivity index (χ3v) is 0. The van der Waals surface area contributed by atoms with E-state index in [4.69, 9.17) is 35.7 Å². The van der Waals surface area contributed by atoms with E-state index < -0.39 is 13.9 Å². The Morgan fingerprint density at radius 2 is 0.714 bits per heavy atom.